The third-order valence-corrected chi connectivity index (χ3v) is 6.66. The van der Waals surface area contributed by atoms with E-state index < -0.39 is 0 Å². The summed E-state index contributed by atoms with van der Waals surface area (Å²) in [7, 11) is 0. The molecular formula is C26H40N2O4. The van der Waals surface area contributed by atoms with E-state index in [-0.39, 0.29) is 24.0 Å². The van der Waals surface area contributed by atoms with E-state index in [0.29, 0.717) is 32.3 Å². The summed E-state index contributed by atoms with van der Waals surface area (Å²) in [5.41, 5.74) is 1.97. The number of aryl methyl sites for hydroxylation is 1. The number of anilines is 1. The van der Waals surface area contributed by atoms with Crippen LogP contribution in [0, 0.1) is 0 Å². The normalized spacial score (nSPS) is 20.4. The number of aliphatic hydroxyl groups is 1. The fourth-order valence-corrected chi connectivity index (χ4v) is 4.83. The lowest BCUT2D eigenvalue weighted by molar-refractivity contribution is -0.135. The highest BCUT2D eigenvalue weighted by atomic mass is 16.5. The molecule has 6 nitrogen and oxygen atoms in total. The number of hydrogen-bond donors (Lipinski definition) is 2. The first-order chi connectivity index (χ1) is 15.6. The third-order valence-electron chi connectivity index (χ3n) is 6.66. The number of ether oxygens (including phenoxy) is 1. The summed E-state index contributed by atoms with van der Waals surface area (Å²) in [6.07, 6.45) is 11.6. The molecule has 2 unspecified atom stereocenters. The maximum atomic E-state index is 13.1. The van der Waals surface area contributed by atoms with Gasteiger partial charge in [0, 0.05) is 31.1 Å². The molecule has 1 aromatic carbocycles. The number of hydrogen-bond acceptors (Lipinski definition) is 4. The van der Waals surface area contributed by atoms with E-state index in [1.54, 1.807) is 0 Å². The molecule has 2 aliphatic rings. The predicted octanol–water partition coefficient (Wildman–Crippen LogP) is 4.83. The minimum absolute atomic E-state index is 0.0603. The van der Waals surface area contributed by atoms with Crippen molar-refractivity contribution >= 4 is 17.5 Å². The zero-order valence-corrected chi connectivity index (χ0v) is 19.6. The van der Waals surface area contributed by atoms with Crippen LogP contribution in [0.25, 0.3) is 0 Å². The molecule has 1 heterocycles. The first-order valence-corrected chi connectivity index (χ1v) is 12.6. The van der Waals surface area contributed by atoms with Crippen molar-refractivity contribution in [3.8, 4) is 5.75 Å². The van der Waals surface area contributed by atoms with Crippen molar-refractivity contribution in [2.75, 3.05) is 18.5 Å². The van der Waals surface area contributed by atoms with Crippen LogP contribution in [0.5, 0.6) is 5.75 Å². The van der Waals surface area contributed by atoms with E-state index in [4.69, 9.17) is 4.74 Å². The summed E-state index contributed by atoms with van der Waals surface area (Å²) in [5, 5.41) is 13.0. The highest BCUT2D eigenvalue weighted by Crippen LogP contribution is 2.27. The van der Waals surface area contributed by atoms with Gasteiger partial charge in [0.05, 0.1) is 12.7 Å². The lowest BCUT2D eigenvalue weighted by Crippen LogP contribution is -2.44. The van der Waals surface area contributed by atoms with Crippen molar-refractivity contribution in [1.82, 2.24) is 4.90 Å². The molecule has 0 radical (unpaired) electrons. The Hall–Kier alpha value is -2.08. The lowest BCUT2D eigenvalue weighted by Gasteiger charge is -2.36. The quantitative estimate of drug-likeness (QED) is 0.453. The number of amides is 2. The number of benzene rings is 1. The van der Waals surface area contributed by atoms with Gasteiger partial charge in [0.1, 0.15) is 5.75 Å². The Morgan fingerprint density at radius 2 is 2.00 bits per heavy atom. The molecule has 0 saturated heterocycles. The Morgan fingerprint density at radius 1 is 1.16 bits per heavy atom. The van der Waals surface area contributed by atoms with Crippen molar-refractivity contribution in [2.24, 2.45) is 0 Å². The average Bonchev–Trinajstić information content (AvgIpc) is 2.79. The molecule has 2 atom stereocenters. The van der Waals surface area contributed by atoms with Crippen LogP contribution in [0.3, 0.4) is 0 Å². The summed E-state index contributed by atoms with van der Waals surface area (Å²) in [4.78, 5) is 26.6. The molecule has 1 saturated carbocycles. The van der Waals surface area contributed by atoms with Crippen molar-refractivity contribution in [1.29, 1.82) is 0 Å². The van der Waals surface area contributed by atoms with E-state index in [9.17, 15) is 14.7 Å². The minimum Gasteiger partial charge on any atom is -0.494 e. The molecule has 32 heavy (non-hydrogen) atoms. The molecule has 1 aromatic rings. The van der Waals surface area contributed by atoms with E-state index in [1.165, 1.54) is 19.3 Å². The monoisotopic (exact) mass is 444 g/mol. The van der Waals surface area contributed by atoms with E-state index in [2.05, 4.69) is 17.1 Å². The molecular weight excluding hydrogens is 404 g/mol. The number of fused-ring (bicyclic) bond motifs is 1. The van der Waals surface area contributed by atoms with Crippen LogP contribution in [0.2, 0.25) is 0 Å². The van der Waals surface area contributed by atoms with Gasteiger partial charge < -0.3 is 20.1 Å². The van der Waals surface area contributed by atoms with Crippen molar-refractivity contribution < 1.29 is 19.4 Å². The molecule has 0 spiro atoms. The second-order valence-electron chi connectivity index (χ2n) is 9.29. The zero-order chi connectivity index (χ0) is 22.8. The molecule has 1 fully saturated rings. The maximum absolute atomic E-state index is 13.1. The average molecular weight is 445 g/mol. The van der Waals surface area contributed by atoms with Crippen LogP contribution in [-0.4, -0.2) is 47.1 Å². The zero-order valence-electron chi connectivity index (χ0n) is 19.6. The first kappa shape index (κ1) is 24.6. The van der Waals surface area contributed by atoms with E-state index in [0.717, 1.165) is 62.1 Å². The highest BCUT2D eigenvalue weighted by Gasteiger charge is 2.28. The SMILES string of the molecule is CCCCCCCN(C(=O)CCCOc1ccc2c(c1)CCC(=O)N2)C1CCCC(O)C1. The maximum Gasteiger partial charge on any atom is 0.224 e. The smallest absolute Gasteiger partial charge is 0.224 e. The van der Waals surface area contributed by atoms with Gasteiger partial charge in [-0.3, -0.25) is 9.59 Å². The number of unbranched alkanes of at least 4 members (excludes halogenated alkanes) is 4. The Kier molecular flexibility index (Phi) is 9.85. The molecule has 2 N–H and O–H groups in total. The Balaban J connectivity index is 1.45. The van der Waals surface area contributed by atoms with Gasteiger partial charge in [-0.05, 0) is 68.7 Å². The molecule has 2 amide bonds. The van der Waals surface area contributed by atoms with Gasteiger partial charge in [0.2, 0.25) is 11.8 Å². The molecule has 0 bridgehead atoms. The summed E-state index contributed by atoms with van der Waals surface area (Å²) in [6.45, 7) is 3.51. The number of carbonyl (C=O) groups excluding carboxylic acids is 2. The van der Waals surface area contributed by atoms with Gasteiger partial charge in [-0.2, -0.15) is 0 Å². The number of nitrogens with one attached hydrogen (secondary N) is 1. The number of carbonyl (C=O) groups is 2. The molecule has 178 valence electrons. The molecule has 6 heteroatoms. The topological polar surface area (TPSA) is 78.9 Å². The fraction of sp³-hybridized carbons (Fsp3) is 0.692. The van der Waals surface area contributed by atoms with Gasteiger partial charge in [-0.15, -0.1) is 0 Å². The molecule has 3 rings (SSSR count). The van der Waals surface area contributed by atoms with E-state index in [1.807, 2.05) is 18.2 Å². The van der Waals surface area contributed by atoms with Crippen LogP contribution in [0.15, 0.2) is 18.2 Å². The summed E-state index contributed by atoms with van der Waals surface area (Å²) >= 11 is 0. The first-order valence-electron chi connectivity index (χ1n) is 12.6. The summed E-state index contributed by atoms with van der Waals surface area (Å²) < 4.78 is 5.89. The van der Waals surface area contributed by atoms with Gasteiger partial charge in [0.15, 0.2) is 0 Å². The second kappa shape index (κ2) is 12.8. The lowest BCUT2D eigenvalue weighted by atomic mass is 9.91. The fourth-order valence-electron chi connectivity index (χ4n) is 4.83. The number of nitrogens with zero attached hydrogens (tertiary/aromatic N) is 1. The minimum atomic E-state index is -0.277. The van der Waals surface area contributed by atoms with Crippen molar-refractivity contribution in [2.45, 2.75) is 103 Å². The second-order valence-corrected chi connectivity index (χ2v) is 9.29. The standard InChI is InChI=1S/C26H40N2O4/c1-2-3-4-5-6-16-28(21-9-7-10-22(29)19-21)26(31)11-8-17-32-23-13-14-24-20(18-23)12-15-25(30)27-24/h13-14,18,21-22,29H,2-12,15-17,19H2,1H3,(H,27,30). The van der Waals surface area contributed by atoms with E-state index >= 15 is 0 Å². The predicted molar refractivity (Wildman–Crippen MR) is 127 cm³/mol. The Bertz CT molecular complexity index is 751. The van der Waals surface area contributed by atoms with Crippen LogP contribution in [0.4, 0.5) is 5.69 Å². The van der Waals surface area contributed by atoms with Crippen LogP contribution in [-0.2, 0) is 16.0 Å². The molecule has 1 aliphatic carbocycles. The third kappa shape index (κ3) is 7.51. The van der Waals surface area contributed by atoms with Gasteiger partial charge in [-0.25, -0.2) is 0 Å². The van der Waals surface area contributed by atoms with Crippen LogP contribution < -0.4 is 10.1 Å². The van der Waals surface area contributed by atoms with Crippen LogP contribution >= 0.6 is 0 Å². The van der Waals surface area contributed by atoms with Crippen molar-refractivity contribution in [3.63, 3.8) is 0 Å². The molecule has 1 aliphatic heterocycles. The number of rotatable bonds is 12. The van der Waals surface area contributed by atoms with Gasteiger partial charge >= 0.3 is 0 Å². The van der Waals surface area contributed by atoms with Gasteiger partial charge in [0.25, 0.3) is 0 Å². The largest absolute Gasteiger partial charge is 0.494 e. The number of aliphatic hydroxyl groups excluding tert-OH is 1. The summed E-state index contributed by atoms with van der Waals surface area (Å²) in [5.74, 6) is 1.04. The van der Waals surface area contributed by atoms with Gasteiger partial charge in [-0.1, -0.05) is 32.6 Å². The molecule has 0 aromatic heterocycles. The van der Waals surface area contributed by atoms with Crippen LogP contribution in [0.1, 0.15) is 89.5 Å². The van der Waals surface area contributed by atoms with Crippen molar-refractivity contribution in [3.05, 3.63) is 23.8 Å². The highest BCUT2D eigenvalue weighted by molar-refractivity contribution is 5.94. The Labute approximate surface area is 192 Å². The Morgan fingerprint density at radius 3 is 2.81 bits per heavy atom. The summed E-state index contributed by atoms with van der Waals surface area (Å²) in [6, 6.07) is 5.93.